The highest BCUT2D eigenvalue weighted by molar-refractivity contribution is 6.01. The van der Waals surface area contributed by atoms with Crippen LogP contribution in [0.1, 0.15) is 28.9 Å². The van der Waals surface area contributed by atoms with Crippen LogP contribution in [0.4, 0.5) is 4.79 Å². The number of carbonyl (C=O) groups excluding carboxylic acids is 2. The van der Waals surface area contributed by atoms with Crippen LogP contribution in [0, 0.1) is 6.92 Å². The second kappa shape index (κ2) is 9.77. The summed E-state index contributed by atoms with van der Waals surface area (Å²) in [6.45, 7) is 7.64. The van der Waals surface area contributed by atoms with Crippen LogP contribution in [0.15, 0.2) is 18.3 Å². The van der Waals surface area contributed by atoms with Crippen molar-refractivity contribution in [3.63, 3.8) is 0 Å². The Labute approximate surface area is 160 Å². The predicted molar refractivity (Wildman–Crippen MR) is 102 cm³/mol. The summed E-state index contributed by atoms with van der Waals surface area (Å²) in [4.78, 5) is 31.4. The lowest BCUT2D eigenvalue weighted by Gasteiger charge is -2.26. The molecule has 1 aromatic rings. The number of carbonyl (C=O) groups is 2. The van der Waals surface area contributed by atoms with Crippen LogP contribution in [-0.2, 0) is 4.74 Å². The molecular weight excluding hydrogens is 346 g/mol. The van der Waals surface area contributed by atoms with Gasteiger partial charge in [0.05, 0.1) is 25.3 Å². The Hall–Kier alpha value is -2.03. The molecule has 2 saturated heterocycles. The lowest BCUT2D eigenvalue weighted by Crippen LogP contribution is -2.51. The van der Waals surface area contributed by atoms with Crippen LogP contribution in [0.2, 0.25) is 0 Å². The highest BCUT2D eigenvalue weighted by Gasteiger charge is 2.34. The maximum absolute atomic E-state index is 12.7. The van der Waals surface area contributed by atoms with Crippen LogP contribution < -0.4 is 16.0 Å². The minimum atomic E-state index is -0.409. The molecule has 1 unspecified atom stereocenters. The number of aromatic nitrogens is 1. The number of amides is 2. The Bertz CT molecular complexity index is 631. The fraction of sp³-hybridized carbons (Fsp3) is 0.632. The smallest absolute Gasteiger partial charge is 0.315 e. The number of hydrogen-bond acceptors (Lipinski definition) is 6. The highest BCUT2D eigenvalue weighted by Crippen LogP contribution is 2.13. The van der Waals surface area contributed by atoms with E-state index in [2.05, 4.69) is 25.8 Å². The molecule has 2 amide bonds. The summed E-state index contributed by atoms with van der Waals surface area (Å²) in [7, 11) is 0. The number of nitrogens with one attached hydrogen (secondary N) is 3. The number of pyridine rings is 1. The second-order valence-corrected chi connectivity index (χ2v) is 7.09. The van der Waals surface area contributed by atoms with Crippen molar-refractivity contribution in [2.24, 2.45) is 0 Å². The van der Waals surface area contributed by atoms with E-state index in [1.54, 1.807) is 12.3 Å². The fourth-order valence-electron chi connectivity index (χ4n) is 3.48. The molecule has 0 radical (unpaired) electrons. The van der Waals surface area contributed by atoms with Gasteiger partial charge in [0.25, 0.3) is 0 Å². The van der Waals surface area contributed by atoms with E-state index in [-0.39, 0.29) is 17.9 Å². The molecule has 2 fully saturated rings. The summed E-state index contributed by atoms with van der Waals surface area (Å²) in [5.41, 5.74) is 1.44. The number of hydrogen-bond donors (Lipinski definition) is 3. The number of nitrogens with zero attached hydrogens (tertiary/aromatic N) is 2. The molecule has 2 atom stereocenters. The zero-order valence-corrected chi connectivity index (χ0v) is 15.9. The normalized spacial score (nSPS) is 23.1. The Morgan fingerprint density at radius 1 is 1.33 bits per heavy atom. The molecule has 2 aliphatic heterocycles. The maximum atomic E-state index is 12.7. The standard InChI is InChI=1S/C19H29N5O3/c1-14-3-4-15(13-22-14)18(25)17-16(5-7-20-17)23-19(26)21-6-2-8-24-9-11-27-12-10-24/h3-4,13,16-17,20H,2,5-12H2,1H3,(H2,21,23,26)/t16-,17?/m1/s1. The van der Waals surface area contributed by atoms with Crippen molar-refractivity contribution in [2.45, 2.75) is 31.8 Å². The Balaban J connectivity index is 1.41. The second-order valence-electron chi connectivity index (χ2n) is 7.09. The van der Waals surface area contributed by atoms with Crippen molar-refractivity contribution < 1.29 is 14.3 Å². The Kier molecular flexibility index (Phi) is 7.14. The van der Waals surface area contributed by atoms with Crippen molar-refractivity contribution >= 4 is 11.8 Å². The van der Waals surface area contributed by atoms with Crippen LogP contribution in [0.3, 0.4) is 0 Å². The maximum Gasteiger partial charge on any atom is 0.315 e. The summed E-state index contributed by atoms with van der Waals surface area (Å²) >= 11 is 0. The topological polar surface area (TPSA) is 95.6 Å². The van der Waals surface area contributed by atoms with Crippen LogP contribution >= 0.6 is 0 Å². The first-order valence-corrected chi connectivity index (χ1v) is 9.68. The molecule has 8 heteroatoms. The summed E-state index contributed by atoms with van der Waals surface area (Å²) < 4.78 is 5.33. The van der Waals surface area contributed by atoms with Crippen molar-refractivity contribution in [2.75, 3.05) is 45.9 Å². The van der Waals surface area contributed by atoms with Gasteiger partial charge in [0.15, 0.2) is 5.78 Å². The molecule has 3 rings (SSSR count). The number of morpholine rings is 1. The molecule has 3 N–H and O–H groups in total. The third-order valence-corrected chi connectivity index (χ3v) is 5.06. The largest absolute Gasteiger partial charge is 0.379 e. The number of ketones is 1. The first kappa shape index (κ1) is 19.7. The van der Waals surface area contributed by atoms with Gasteiger partial charge in [-0.3, -0.25) is 14.7 Å². The average Bonchev–Trinajstić information content (AvgIpc) is 3.14. The number of urea groups is 1. The quantitative estimate of drug-likeness (QED) is 0.469. The third kappa shape index (κ3) is 5.72. The third-order valence-electron chi connectivity index (χ3n) is 5.06. The van der Waals surface area contributed by atoms with Gasteiger partial charge in [-0.2, -0.15) is 0 Å². The van der Waals surface area contributed by atoms with E-state index >= 15 is 0 Å². The average molecular weight is 375 g/mol. The van der Waals surface area contributed by atoms with Crippen molar-refractivity contribution in [3.05, 3.63) is 29.6 Å². The molecule has 0 aliphatic carbocycles. The van der Waals surface area contributed by atoms with Crippen molar-refractivity contribution in [1.29, 1.82) is 0 Å². The molecule has 8 nitrogen and oxygen atoms in total. The van der Waals surface area contributed by atoms with E-state index in [4.69, 9.17) is 4.74 Å². The summed E-state index contributed by atoms with van der Waals surface area (Å²) in [6.07, 6.45) is 3.23. The van der Waals surface area contributed by atoms with Gasteiger partial charge in [-0.1, -0.05) is 0 Å². The van der Waals surface area contributed by atoms with Gasteiger partial charge in [-0.15, -0.1) is 0 Å². The van der Waals surface area contributed by atoms with Crippen LogP contribution in [0.5, 0.6) is 0 Å². The molecule has 0 saturated carbocycles. The lowest BCUT2D eigenvalue weighted by molar-refractivity contribution is 0.0375. The van der Waals surface area contributed by atoms with Crippen molar-refractivity contribution in [1.82, 2.24) is 25.8 Å². The summed E-state index contributed by atoms with van der Waals surface area (Å²) in [5, 5.41) is 9.04. The number of rotatable bonds is 7. The summed E-state index contributed by atoms with van der Waals surface area (Å²) in [6, 6.07) is 2.77. The van der Waals surface area contributed by atoms with Crippen LogP contribution in [0.25, 0.3) is 0 Å². The van der Waals surface area contributed by atoms with E-state index in [0.717, 1.165) is 51.4 Å². The first-order valence-electron chi connectivity index (χ1n) is 9.68. The monoisotopic (exact) mass is 375 g/mol. The van der Waals surface area contributed by atoms with Gasteiger partial charge in [0.2, 0.25) is 0 Å². The van der Waals surface area contributed by atoms with Gasteiger partial charge in [-0.25, -0.2) is 4.79 Å². The van der Waals surface area contributed by atoms with E-state index in [1.807, 2.05) is 13.0 Å². The van der Waals surface area contributed by atoms with Gasteiger partial charge in [-0.05, 0) is 45.0 Å². The molecule has 1 aromatic heterocycles. The number of aryl methyl sites for hydroxylation is 1. The molecule has 3 heterocycles. The van der Waals surface area contributed by atoms with E-state index in [9.17, 15) is 9.59 Å². The summed E-state index contributed by atoms with van der Waals surface area (Å²) in [5.74, 6) is -0.0300. The van der Waals surface area contributed by atoms with Gasteiger partial charge < -0.3 is 20.7 Å². The molecular formula is C19H29N5O3. The SMILES string of the molecule is Cc1ccc(C(=O)C2NCC[C@H]2NC(=O)NCCCN2CCOCC2)cn1. The van der Waals surface area contributed by atoms with Crippen molar-refractivity contribution in [3.8, 4) is 0 Å². The Morgan fingerprint density at radius 3 is 2.89 bits per heavy atom. The predicted octanol–water partition coefficient (Wildman–Crippen LogP) is 0.325. The van der Waals surface area contributed by atoms with Gasteiger partial charge in [0, 0.05) is 37.1 Å². The van der Waals surface area contributed by atoms with E-state index in [0.29, 0.717) is 18.7 Å². The zero-order valence-electron chi connectivity index (χ0n) is 15.9. The zero-order chi connectivity index (χ0) is 19.1. The van der Waals surface area contributed by atoms with E-state index in [1.165, 1.54) is 0 Å². The van der Waals surface area contributed by atoms with E-state index < -0.39 is 6.04 Å². The minimum absolute atomic E-state index is 0.0300. The molecule has 148 valence electrons. The lowest BCUT2D eigenvalue weighted by atomic mass is 10.0. The molecule has 2 aliphatic rings. The number of Topliss-reactive ketones (excluding diaryl/α,β-unsaturated/α-hetero) is 1. The van der Waals surface area contributed by atoms with Gasteiger partial charge in [0.1, 0.15) is 0 Å². The molecule has 0 bridgehead atoms. The molecule has 27 heavy (non-hydrogen) atoms. The van der Waals surface area contributed by atoms with Gasteiger partial charge >= 0.3 is 6.03 Å². The minimum Gasteiger partial charge on any atom is -0.379 e. The highest BCUT2D eigenvalue weighted by atomic mass is 16.5. The molecule has 0 spiro atoms. The Morgan fingerprint density at radius 2 is 2.15 bits per heavy atom. The first-order chi connectivity index (χ1) is 13.1. The number of ether oxygens (including phenoxy) is 1. The fourth-order valence-corrected chi connectivity index (χ4v) is 3.48. The van der Waals surface area contributed by atoms with Crippen LogP contribution in [-0.4, -0.2) is 79.7 Å². The molecule has 0 aromatic carbocycles.